The van der Waals surface area contributed by atoms with E-state index in [2.05, 4.69) is 15.0 Å². The lowest BCUT2D eigenvalue weighted by Gasteiger charge is -2.08. The van der Waals surface area contributed by atoms with Crippen LogP contribution in [0.5, 0.6) is 11.5 Å². The normalized spacial score (nSPS) is 10.1. The molecule has 21 heavy (non-hydrogen) atoms. The number of aromatic hydroxyl groups is 1. The summed E-state index contributed by atoms with van der Waals surface area (Å²) in [6, 6.07) is 4.76. The number of benzene rings is 1. The third kappa shape index (κ3) is 4.13. The lowest BCUT2D eigenvalue weighted by atomic mass is 10.2. The lowest BCUT2D eigenvalue weighted by Crippen LogP contribution is -2.09. The molecule has 0 unspecified atom stereocenters. The third-order valence-corrected chi connectivity index (χ3v) is 2.58. The Kier molecular flexibility index (Phi) is 5.03. The highest BCUT2D eigenvalue weighted by atomic mass is 16.5. The van der Waals surface area contributed by atoms with Crippen molar-refractivity contribution in [3.05, 3.63) is 30.9 Å². The van der Waals surface area contributed by atoms with Crippen molar-refractivity contribution in [1.29, 1.82) is 0 Å². The zero-order chi connectivity index (χ0) is 15.1. The molecular formula is C14H15N3O4. The molecule has 0 aliphatic carbocycles. The van der Waals surface area contributed by atoms with E-state index in [4.69, 9.17) is 9.47 Å². The molecule has 0 saturated carbocycles. The number of phenols is 1. The number of carbonyl (C=O) groups is 1. The average Bonchev–Trinajstić information content (AvgIpc) is 2.48. The van der Waals surface area contributed by atoms with Gasteiger partial charge in [-0.2, -0.15) is 0 Å². The van der Waals surface area contributed by atoms with Gasteiger partial charge in [0.2, 0.25) is 0 Å². The molecule has 7 nitrogen and oxygen atoms in total. The summed E-state index contributed by atoms with van der Waals surface area (Å²) in [5.74, 6) is 0.508. The molecule has 2 rings (SSSR count). The second-order valence-electron chi connectivity index (χ2n) is 4.04. The Labute approximate surface area is 121 Å². The fraction of sp³-hybridized carbons (Fsp3) is 0.286. The first-order valence-electron chi connectivity index (χ1n) is 6.44. The van der Waals surface area contributed by atoms with Crippen LogP contribution in [0.15, 0.2) is 30.9 Å². The first-order valence-corrected chi connectivity index (χ1v) is 6.44. The molecule has 110 valence electrons. The van der Waals surface area contributed by atoms with E-state index in [0.717, 1.165) is 0 Å². The van der Waals surface area contributed by atoms with E-state index >= 15 is 0 Å². The summed E-state index contributed by atoms with van der Waals surface area (Å²) in [5.41, 5.74) is 0.482. The largest absolute Gasteiger partial charge is 0.507 e. The van der Waals surface area contributed by atoms with Crippen molar-refractivity contribution < 1.29 is 19.4 Å². The van der Waals surface area contributed by atoms with Crippen molar-refractivity contribution in [3.63, 3.8) is 0 Å². The Morgan fingerprint density at radius 2 is 2.05 bits per heavy atom. The number of nitrogens with zero attached hydrogens (tertiary/aromatic N) is 3. The van der Waals surface area contributed by atoms with Gasteiger partial charge in [0.05, 0.1) is 25.2 Å². The molecule has 1 aromatic carbocycles. The molecule has 0 fully saturated rings. The molecule has 0 atom stereocenters. The van der Waals surface area contributed by atoms with E-state index in [1.165, 1.54) is 18.7 Å². The van der Waals surface area contributed by atoms with Crippen molar-refractivity contribution in [2.45, 2.75) is 13.3 Å². The van der Waals surface area contributed by atoms with E-state index in [-0.39, 0.29) is 24.7 Å². The van der Waals surface area contributed by atoms with Crippen molar-refractivity contribution in [2.75, 3.05) is 13.2 Å². The molecule has 0 amide bonds. The standard InChI is InChI=1S/C14H15N3O4/c1-2-20-13(19)5-6-21-10-3-4-11(12(18)7-10)14-16-8-15-9-17-14/h3-4,7-9,18H,2,5-6H2,1H3. The van der Waals surface area contributed by atoms with E-state index < -0.39 is 0 Å². The summed E-state index contributed by atoms with van der Waals surface area (Å²) in [6.45, 7) is 2.28. The lowest BCUT2D eigenvalue weighted by molar-refractivity contribution is -0.143. The highest BCUT2D eigenvalue weighted by Crippen LogP contribution is 2.29. The maximum Gasteiger partial charge on any atom is 0.309 e. The quantitative estimate of drug-likeness (QED) is 0.806. The maximum absolute atomic E-state index is 11.2. The number of aromatic nitrogens is 3. The fourth-order valence-electron chi connectivity index (χ4n) is 1.65. The van der Waals surface area contributed by atoms with Crippen LogP contribution in [-0.2, 0) is 9.53 Å². The van der Waals surface area contributed by atoms with Gasteiger partial charge in [-0.3, -0.25) is 4.79 Å². The van der Waals surface area contributed by atoms with Crippen molar-refractivity contribution in [1.82, 2.24) is 15.0 Å². The summed E-state index contributed by atoms with van der Waals surface area (Å²) in [7, 11) is 0. The molecule has 0 bridgehead atoms. The van der Waals surface area contributed by atoms with Gasteiger partial charge in [-0.05, 0) is 19.1 Å². The van der Waals surface area contributed by atoms with Gasteiger partial charge < -0.3 is 14.6 Å². The van der Waals surface area contributed by atoms with Gasteiger partial charge in [0.25, 0.3) is 0 Å². The van der Waals surface area contributed by atoms with Crippen LogP contribution in [0.1, 0.15) is 13.3 Å². The van der Waals surface area contributed by atoms with Crippen LogP contribution in [0.4, 0.5) is 0 Å². The highest BCUT2D eigenvalue weighted by molar-refractivity contribution is 5.69. The molecular weight excluding hydrogens is 274 g/mol. The Morgan fingerprint density at radius 3 is 2.71 bits per heavy atom. The van der Waals surface area contributed by atoms with Gasteiger partial charge in [0.1, 0.15) is 24.2 Å². The second kappa shape index (κ2) is 7.18. The smallest absolute Gasteiger partial charge is 0.309 e. The topological polar surface area (TPSA) is 94.4 Å². The maximum atomic E-state index is 11.2. The minimum Gasteiger partial charge on any atom is -0.507 e. The van der Waals surface area contributed by atoms with Crippen LogP contribution in [0.25, 0.3) is 11.4 Å². The van der Waals surface area contributed by atoms with Crippen LogP contribution in [0.2, 0.25) is 0 Å². The predicted molar refractivity (Wildman–Crippen MR) is 73.7 cm³/mol. The predicted octanol–water partition coefficient (Wildman–Crippen LogP) is 1.58. The highest BCUT2D eigenvalue weighted by Gasteiger charge is 2.09. The summed E-state index contributed by atoms with van der Waals surface area (Å²) < 4.78 is 10.2. The van der Waals surface area contributed by atoms with Gasteiger partial charge in [-0.1, -0.05) is 0 Å². The Hall–Kier alpha value is -2.70. The molecule has 1 aromatic heterocycles. The zero-order valence-electron chi connectivity index (χ0n) is 11.5. The number of hydrogen-bond acceptors (Lipinski definition) is 7. The van der Waals surface area contributed by atoms with Gasteiger partial charge in [-0.15, -0.1) is 0 Å². The van der Waals surface area contributed by atoms with Crippen LogP contribution < -0.4 is 4.74 Å². The van der Waals surface area contributed by atoms with E-state index in [1.807, 2.05) is 0 Å². The van der Waals surface area contributed by atoms with Crippen LogP contribution in [0, 0.1) is 0 Å². The van der Waals surface area contributed by atoms with Gasteiger partial charge >= 0.3 is 5.97 Å². The third-order valence-electron chi connectivity index (χ3n) is 2.58. The zero-order valence-corrected chi connectivity index (χ0v) is 11.5. The minimum atomic E-state index is -0.316. The molecule has 0 aliphatic heterocycles. The van der Waals surface area contributed by atoms with Crippen LogP contribution in [-0.4, -0.2) is 39.2 Å². The molecule has 7 heteroatoms. The second-order valence-corrected chi connectivity index (χ2v) is 4.04. The summed E-state index contributed by atoms with van der Waals surface area (Å²) in [6.07, 6.45) is 2.86. The number of ether oxygens (including phenoxy) is 2. The number of esters is 1. The fourth-order valence-corrected chi connectivity index (χ4v) is 1.65. The van der Waals surface area contributed by atoms with Gasteiger partial charge in [0, 0.05) is 6.07 Å². The number of hydrogen-bond donors (Lipinski definition) is 1. The molecule has 0 saturated heterocycles. The van der Waals surface area contributed by atoms with E-state index in [0.29, 0.717) is 23.7 Å². The minimum absolute atomic E-state index is 0.00478. The summed E-state index contributed by atoms with van der Waals surface area (Å²) in [4.78, 5) is 22.8. The average molecular weight is 289 g/mol. The number of rotatable bonds is 6. The Morgan fingerprint density at radius 1 is 1.29 bits per heavy atom. The summed E-state index contributed by atoms with van der Waals surface area (Å²) >= 11 is 0. The number of carbonyl (C=O) groups excluding carboxylic acids is 1. The van der Waals surface area contributed by atoms with Crippen LogP contribution in [0.3, 0.4) is 0 Å². The monoisotopic (exact) mass is 289 g/mol. The van der Waals surface area contributed by atoms with Gasteiger partial charge in [0.15, 0.2) is 5.82 Å². The first kappa shape index (κ1) is 14.7. The summed E-state index contributed by atoms with van der Waals surface area (Å²) in [5, 5.41) is 9.97. The molecule has 0 spiro atoms. The first-order chi connectivity index (χ1) is 10.2. The van der Waals surface area contributed by atoms with Crippen molar-refractivity contribution >= 4 is 5.97 Å². The van der Waals surface area contributed by atoms with E-state index in [9.17, 15) is 9.90 Å². The number of phenolic OH excluding ortho intramolecular Hbond substituents is 1. The molecule has 2 aromatic rings. The molecule has 1 N–H and O–H groups in total. The molecule has 0 radical (unpaired) electrons. The van der Waals surface area contributed by atoms with Crippen molar-refractivity contribution in [3.8, 4) is 22.9 Å². The van der Waals surface area contributed by atoms with Gasteiger partial charge in [-0.25, -0.2) is 15.0 Å². The molecule has 1 heterocycles. The van der Waals surface area contributed by atoms with E-state index in [1.54, 1.807) is 19.1 Å². The Bertz CT molecular complexity index is 604. The molecule has 0 aliphatic rings. The SMILES string of the molecule is CCOC(=O)CCOc1ccc(-c2ncncn2)c(O)c1. The van der Waals surface area contributed by atoms with Crippen LogP contribution >= 0.6 is 0 Å². The van der Waals surface area contributed by atoms with Crippen molar-refractivity contribution in [2.24, 2.45) is 0 Å². The Balaban J connectivity index is 1.98.